The van der Waals surface area contributed by atoms with Gasteiger partial charge in [-0.3, -0.25) is 15.5 Å². The summed E-state index contributed by atoms with van der Waals surface area (Å²) in [4.78, 5) is 10.4. The molecule has 2 aromatic rings. The van der Waals surface area contributed by atoms with Crippen LogP contribution in [-0.2, 0) is 0 Å². The van der Waals surface area contributed by atoms with Crippen molar-refractivity contribution in [3.8, 4) is 5.75 Å². The molecule has 0 saturated heterocycles. The Balaban J connectivity index is 2.23. The molecule has 0 bridgehead atoms. The summed E-state index contributed by atoms with van der Waals surface area (Å²) < 4.78 is 1.28. The van der Waals surface area contributed by atoms with Crippen LogP contribution >= 0.6 is 31.9 Å². The molecule has 0 radical (unpaired) electrons. The number of para-hydroxylation sites is 2. The zero-order valence-electron chi connectivity index (χ0n) is 10.5. The van der Waals surface area contributed by atoms with Crippen LogP contribution < -0.4 is 5.43 Å². The molecule has 0 aliphatic heterocycles. The van der Waals surface area contributed by atoms with E-state index in [0.717, 1.165) is 4.47 Å². The Morgan fingerprint density at radius 1 is 1.29 bits per heavy atom. The Morgan fingerprint density at radius 2 is 2.00 bits per heavy atom. The van der Waals surface area contributed by atoms with Gasteiger partial charge in [-0.15, -0.1) is 0 Å². The van der Waals surface area contributed by atoms with E-state index in [4.69, 9.17) is 0 Å². The van der Waals surface area contributed by atoms with Crippen LogP contribution in [0.5, 0.6) is 5.75 Å². The Hall–Kier alpha value is -1.93. The van der Waals surface area contributed by atoms with E-state index >= 15 is 0 Å². The molecule has 0 aliphatic carbocycles. The molecular formula is C13H9Br2N3O3. The maximum Gasteiger partial charge on any atom is 0.294 e. The fraction of sp³-hybridized carbons (Fsp3) is 0. The highest BCUT2D eigenvalue weighted by Gasteiger charge is 2.11. The van der Waals surface area contributed by atoms with Gasteiger partial charge in [-0.2, -0.15) is 5.10 Å². The molecular weight excluding hydrogens is 406 g/mol. The third-order valence-electron chi connectivity index (χ3n) is 2.55. The molecule has 0 fully saturated rings. The van der Waals surface area contributed by atoms with Crippen LogP contribution in [0.4, 0.5) is 11.4 Å². The summed E-state index contributed by atoms with van der Waals surface area (Å²) in [5.41, 5.74) is 3.25. The second kappa shape index (κ2) is 6.68. The summed E-state index contributed by atoms with van der Waals surface area (Å²) in [5.74, 6) is 0.0336. The van der Waals surface area contributed by atoms with Crippen LogP contribution in [0.1, 0.15) is 5.56 Å². The second-order valence-corrected chi connectivity index (χ2v) is 5.74. The number of anilines is 1. The van der Waals surface area contributed by atoms with Gasteiger partial charge >= 0.3 is 0 Å². The minimum absolute atomic E-state index is 0.0336. The number of rotatable bonds is 4. The predicted molar refractivity (Wildman–Crippen MR) is 87.8 cm³/mol. The lowest BCUT2D eigenvalue weighted by Gasteiger charge is -2.04. The summed E-state index contributed by atoms with van der Waals surface area (Å²) in [6.07, 6.45) is 1.38. The molecule has 6 nitrogen and oxygen atoms in total. The van der Waals surface area contributed by atoms with Crippen LogP contribution in [0, 0.1) is 10.1 Å². The average Bonchev–Trinajstić information content (AvgIpc) is 2.44. The first kappa shape index (κ1) is 15.5. The van der Waals surface area contributed by atoms with E-state index in [2.05, 4.69) is 42.4 Å². The zero-order valence-corrected chi connectivity index (χ0v) is 13.6. The van der Waals surface area contributed by atoms with Crippen LogP contribution in [0.25, 0.3) is 0 Å². The lowest BCUT2D eigenvalue weighted by atomic mass is 10.2. The minimum atomic E-state index is -0.495. The first-order valence-corrected chi connectivity index (χ1v) is 7.28. The maximum absolute atomic E-state index is 10.9. The van der Waals surface area contributed by atoms with Gasteiger partial charge in [0.2, 0.25) is 0 Å². The van der Waals surface area contributed by atoms with Gasteiger partial charge in [0.25, 0.3) is 5.69 Å². The van der Waals surface area contributed by atoms with Crippen molar-refractivity contribution >= 4 is 49.4 Å². The van der Waals surface area contributed by atoms with Crippen molar-refractivity contribution in [1.82, 2.24) is 0 Å². The summed E-state index contributed by atoms with van der Waals surface area (Å²) in [7, 11) is 0. The molecule has 0 aliphatic rings. The largest absolute Gasteiger partial charge is 0.506 e. The average molecular weight is 415 g/mol. The molecule has 2 rings (SSSR count). The highest BCUT2D eigenvalue weighted by Crippen LogP contribution is 2.30. The topological polar surface area (TPSA) is 87.8 Å². The Bertz CT molecular complexity index is 720. The van der Waals surface area contributed by atoms with Crippen molar-refractivity contribution in [2.75, 3.05) is 5.43 Å². The van der Waals surface area contributed by atoms with Gasteiger partial charge < -0.3 is 5.11 Å². The molecule has 0 aromatic heterocycles. The molecule has 0 amide bonds. The summed E-state index contributed by atoms with van der Waals surface area (Å²) in [6.45, 7) is 0. The highest BCUT2D eigenvalue weighted by atomic mass is 79.9. The number of hydrogen-bond donors (Lipinski definition) is 2. The van der Waals surface area contributed by atoms with E-state index in [1.165, 1.54) is 12.3 Å². The van der Waals surface area contributed by atoms with Gasteiger partial charge in [0.05, 0.1) is 15.6 Å². The number of halogens is 2. The molecule has 8 heteroatoms. The van der Waals surface area contributed by atoms with E-state index < -0.39 is 4.92 Å². The monoisotopic (exact) mass is 413 g/mol. The van der Waals surface area contributed by atoms with E-state index in [9.17, 15) is 15.2 Å². The van der Waals surface area contributed by atoms with Crippen molar-refractivity contribution in [2.45, 2.75) is 0 Å². The molecule has 0 atom stereocenters. The minimum Gasteiger partial charge on any atom is -0.506 e. The van der Waals surface area contributed by atoms with Gasteiger partial charge in [0.1, 0.15) is 11.4 Å². The van der Waals surface area contributed by atoms with Crippen LogP contribution in [0.2, 0.25) is 0 Å². The second-order valence-electron chi connectivity index (χ2n) is 3.97. The fourth-order valence-corrected chi connectivity index (χ4v) is 2.84. The molecule has 2 aromatic carbocycles. The molecule has 21 heavy (non-hydrogen) atoms. The van der Waals surface area contributed by atoms with E-state index in [-0.39, 0.29) is 17.1 Å². The number of phenols is 1. The van der Waals surface area contributed by atoms with Crippen LogP contribution in [0.15, 0.2) is 50.4 Å². The number of aromatic hydroxyl groups is 1. The number of nitrogens with zero attached hydrogens (tertiary/aromatic N) is 2. The van der Waals surface area contributed by atoms with Crippen molar-refractivity contribution in [3.05, 3.63) is 61.0 Å². The number of benzene rings is 2. The summed E-state index contributed by atoms with van der Waals surface area (Å²) >= 11 is 6.52. The van der Waals surface area contributed by atoms with Gasteiger partial charge in [0, 0.05) is 16.1 Å². The van der Waals surface area contributed by atoms with E-state index in [1.807, 2.05) is 0 Å². The van der Waals surface area contributed by atoms with Crippen molar-refractivity contribution in [1.29, 1.82) is 0 Å². The van der Waals surface area contributed by atoms with E-state index in [1.54, 1.807) is 30.3 Å². The van der Waals surface area contributed by atoms with Crippen LogP contribution in [0.3, 0.4) is 0 Å². The zero-order chi connectivity index (χ0) is 15.4. The van der Waals surface area contributed by atoms with Crippen molar-refractivity contribution in [3.63, 3.8) is 0 Å². The first-order chi connectivity index (χ1) is 9.99. The molecule has 108 valence electrons. The Labute approximate surface area is 136 Å². The fourth-order valence-electron chi connectivity index (χ4n) is 1.58. The third kappa shape index (κ3) is 3.79. The lowest BCUT2D eigenvalue weighted by Crippen LogP contribution is -1.96. The quantitative estimate of drug-likeness (QED) is 0.444. The molecule has 2 N–H and O–H groups in total. The summed E-state index contributed by atoms with van der Waals surface area (Å²) in [6, 6.07) is 9.53. The van der Waals surface area contributed by atoms with Gasteiger partial charge in [-0.25, -0.2) is 0 Å². The van der Waals surface area contributed by atoms with Crippen LogP contribution in [-0.4, -0.2) is 16.2 Å². The Kier molecular flexibility index (Phi) is 4.92. The first-order valence-electron chi connectivity index (χ1n) is 5.69. The smallest absolute Gasteiger partial charge is 0.294 e. The number of hydrazone groups is 1. The summed E-state index contributed by atoms with van der Waals surface area (Å²) in [5, 5.41) is 24.6. The SMILES string of the molecule is O=[N+]([O-])c1ccccc1NN=Cc1cc(Br)cc(Br)c1O. The number of hydrogen-bond acceptors (Lipinski definition) is 5. The standard InChI is InChI=1S/C13H9Br2N3O3/c14-9-5-8(13(19)10(15)6-9)7-16-17-11-3-1-2-4-12(11)18(20)21/h1-7,17,19H. The van der Waals surface area contributed by atoms with Gasteiger partial charge in [0.15, 0.2) is 0 Å². The highest BCUT2D eigenvalue weighted by molar-refractivity contribution is 9.11. The molecule has 0 saturated carbocycles. The predicted octanol–water partition coefficient (Wildman–Crippen LogP) is 4.27. The molecule has 0 unspecified atom stereocenters. The van der Waals surface area contributed by atoms with Crippen molar-refractivity contribution in [2.24, 2.45) is 5.10 Å². The normalized spacial score (nSPS) is 10.8. The molecule has 0 heterocycles. The lowest BCUT2D eigenvalue weighted by molar-refractivity contribution is -0.384. The number of nitro groups is 1. The Morgan fingerprint density at radius 3 is 2.71 bits per heavy atom. The number of nitro benzene ring substituents is 1. The number of phenolic OH excluding ortho intramolecular Hbond substituents is 1. The molecule has 0 spiro atoms. The van der Waals surface area contributed by atoms with Crippen molar-refractivity contribution < 1.29 is 10.0 Å². The maximum atomic E-state index is 10.9. The third-order valence-corrected chi connectivity index (χ3v) is 3.61. The van der Waals surface area contributed by atoms with E-state index in [0.29, 0.717) is 10.0 Å². The number of nitrogens with one attached hydrogen (secondary N) is 1. The van der Waals surface area contributed by atoms with Gasteiger partial charge in [-0.1, -0.05) is 28.1 Å². The van der Waals surface area contributed by atoms with Gasteiger partial charge in [-0.05, 0) is 34.1 Å².